The van der Waals surface area contributed by atoms with Crippen molar-refractivity contribution in [3.8, 4) is 0 Å². The van der Waals surface area contributed by atoms with Crippen LogP contribution in [0.2, 0.25) is 0 Å². The molecule has 108 valence electrons. The maximum Gasteiger partial charge on any atom is 0.678 e. The van der Waals surface area contributed by atoms with Crippen LogP contribution in [0.25, 0.3) is 0 Å². The summed E-state index contributed by atoms with van der Waals surface area (Å²) in [7, 11) is 3.26. The number of aliphatic hydroxyl groups excluding tert-OH is 4. The molecule has 0 aliphatic rings. The van der Waals surface area contributed by atoms with E-state index in [2.05, 4.69) is 0 Å². The Balaban J connectivity index is -0.000000205. The van der Waals surface area contributed by atoms with Gasteiger partial charge in [-0.05, 0) is 0 Å². The first kappa shape index (κ1) is 22.1. The molecule has 0 aliphatic heterocycles. The van der Waals surface area contributed by atoms with Gasteiger partial charge in [0.25, 0.3) is 0 Å². The van der Waals surface area contributed by atoms with Crippen molar-refractivity contribution in [3.05, 3.63) is 0 Å². The first-order valence-corrected chi connectivity index (χ1v) is 6.35. The molecule has 0 unspecified atom stereocenters. The topological polar surface area (TPSA) is 118 Å². The van der Waals surface area contributed by atoms with Crippen LogP contribution in [-0.2, 0) is 17.7 Å². The van der Waals surface area contributed by atoms with Crippen LogP contribution in [-0.4, -0.2) is 84.3 Å². The van der Waals surface area contributed by atoms with Crippen molar-refractivity contribution in [1.29, 1.82) is 0 Å². The highest BCUT2D eigenvalue weighted by Crippen LogP contribution is 2.04. The predicted octanol–water partition coefficient (Wildman–Crippen LogP) is -2.05. The van der Waals surface area contributed by atoms with E-state index in [1.807, 2.05) is 0 Å². The Bertz CT molecular complexity index is 96.6. The van der Waals surface area contributed by atoms with Gasteiger partial charge in [-0.25, -0.2) is 0 Å². The van der Waals surface area contributed by atoms with E-state index in [-0.39, 0.29) is 26.4 Å². The van der Waals surface area contributed by atoms with Crippen molar-refractivity contribution < 1.29 is 38.1 Å². The van der Waals surface area contributed by atoms with Gasteiger partial charge in [0.1, 0.15) is 0 Å². The van der Waals surface area contributed by atoms with Crippen molar-refractivity contribution in [2.75, 3.05) is 54.9 Å². The lowest BCUT2D eigenvalue weighted by atomic mass is 10.8. The Labute approximate surface area is 103 Å². The van der Waals surface area contributed by atoms with Gasteiger partial charge in [-0.3, -0.25) is 0 Å². The lowest BCUT2D eigenvalue weighted by Crippen LogP contribution is -2.45. The van der Waals surface area contributed by atoms with Crippen molar-refractivity contribution in [1.82, 2.24) is 0 Å². The minimum atomic E-state index is -2.69. The largest absolute Gasteiger partial charge is 0.678 e. The van der Waals surface area contributed by atoms with Gasteiger partial charge < -0.3 is 38.1 Å². The molecule has 0 aromatic rings. The zero-order chi connectivity index (χ0) is 14.2. The monoisotopic (exact) mass is 276 g/mol. The third-order valence-electron chi connectivity index (χ3n) is 1.20. The third-order valence-corrected chi connectivity index (χ3v) is 3.20. The maximum atomic E-state index is 7.62. The quantitative estimate of drug-likeness (QED) is 0.409. The van der Waals surface area contributed by atoms with E-state index in [1.165, 1.54) is 28.4 Å². The Morgan fingerprint density at radius 2 is 0.765 bits per heavy atom. The molecule has 8 nitrogen and oxygen atoms in total. The lowest BCUT2D eigenvalue weighted by molar-refractivity contribution is 0.0226. The summed E-state index contributed by atoms with van der Waals surface area (Å²) in [4.78, 5) is 0. The molecule has 0 bridgehead atoms. The highest BCUT2D eigenvalue weighted by molar-refractivity contribution is 6.53. The van der Waals surface area contributed by atoms with Gasteiger partial charge >= 0.3 is 9.05 Å². The summed E-state index contributed by atoms with van der Waals surface area (Å²) >= 11 is 0. The first-order chi connectivity index (χ1) is 8.07. The second-order valence-electron chi connectivity index (χ2n) is 2.21. The second kappa shape index (κ2) is 18.3. The maximum absolute atomic E-state index is 7.62. The summed E-state index contributed by atoms with van der Waals surface area (Å²) in [5, 5.41) is 30.5. The van der Waals surface area contributed by atoms with Crippen LogP contribution in [0.15, 0.2) is 0 Å². The van der Waals surface area contributed by atoms with Crippen molar-refractivity contribution in [2.45, 2.75) is 0 Å². The van der Waals surface area contributed by atoms with E-state index in [0.29, 0.717) is 0 Å². The minimum absolute atomic E-state index is 0.125. The van der Waals surface area contributed by atoms with Crippen LogP contribution >= 0.6 is 0 Å². The standard InChI is InChI=1S/C4H12O4Si.2C2H6O2/c1-5-9(6-2,7-3)8-4;2*3-1-2-4/h1-4H3;2*3-4H,1-2H2. The van der Waals surface area contributed by atoms with E-state index in [0.717, 1.165) is 0 Å². The summed E-state index contributed by atoms with van der Waals surface area (Å²) in [6.07, 6.45) is 0. The highest BCUT2D eigenvalue weighted by atomic mass is 28.4. The summed E-state index contributed by atoms with van der Waals surface area (Å²) in [5.41, 5.74) is 0. The summed E-state index contributed by atoms with van der Waals surface area (Å²) in [6, 6.07) is 0. The fraction of sp³-hybridized carbons (Fsp3) is 1.00. The van der Waals surface area contributed by atoms with Gasteiger partial charge in [-0.2, -0.15) is 0 Å². The van der Waals surface area contributed by atoms with Crippen molar-refractivity contribution >= 4 is 9.05 Å². The molecule has 0 amide bonds. The molecule has 0 spiro atoms. The average molecular weight is 276 g/mol. The van der Waals surface area contributed by atoms with Crippen LogP contribution < -0.4 is 0 Å². The van der Waals surface area contributed by atoms with Gasteiger partial charge in [-0.15, -0.1) is 0 Å². The normalized spacial score (nSPS) is 9.88. The molecule has 4 N–H and O–H groups in total. The third kappa shape index (κ3) is 15.9. The average Bonchev–Trinajstić information content (AvgIpc) is 2.42. The summed E-state index contributed by atoms with van der Waals surface area (Å²) in [6.45, 7) is -0.500. The molecule has 0 heterocycles. The fourth-order valence-electron chi connectivity index (χ4n) is 0.500. The molecule has 0 saturated carbocycles. The summed E-state index contributed by atoms with van der Waals surface area (Å²) in [5.74, 6) is 0. The van der Waals surface area contributed by atoms with E-state index < -0.39 is 9.05 Å². The smallest absolute Gasteiger partial charge is 0.394 e. The highest BCUT2D eigenvalue weighted by Gasteiger charge is 2.40. The zero-order valence-electron chi connectivity index (χ0n) is 10.8. The van der Waals surface area contributed by atoms with Crippen LogP contribution in [0.3, 0.4) is 0 Å². The predicted molar refractivity (Wildman–Crippen MR) is 62.1 cm³/mol. The van der Waals surface area contributed by atoms with Crippen molar-refractivity contribution in [3.63, 3.8) is 0 Å². The minimum Gasteiger partial charge on any atom is -0.394 e. The molecular weight excluding hydrogens is 252 g/mol. The molecule has 17 heavy (non-hydrogen) atoms. The number of rotatable bonds is 6. The van der Waals surface area contributed by atoms with Crippen molar-refractivity contribution in [2.24, 2.45) is 0 Å². The molecule has 0 radical (unpaired) electrons. The number of aliphatic hydroxyl groups is 4. The second-order valence-corrected chi connectivity index (χ2v) is 4.84. The Kier molecular flexibility index (Phi) is 23.8. The van der Waals surface area contributed by atoms with Gasteiger partial charge in [0.05, 0.1) is 26.4 Å². The number of hydrogen-bond donors (Lipinski definition) is 4. The Morgan fingerprint density at radius 1 is 0.588 bits per heavy atom. The molecule has 0 rings (SSSR count). The molecule has 0 aromatic carbocycles. The van der Waals surface area contributed by atoms with E-state index in [4.69, 9.17) is 38.1 Å². The van der Waals surface area contributed by atoms with E-state index in [1.54, 1.807) is 0 Å². The van der Waals surface area contributed by atoms with Gasteiger partial charge in [0, 0.05) is 28.4 Å². The van der Waals surface area contributed by atoms with Gasteiger partial charge in [0.2, 0.25) is 0 Å². The molecular formula is C8H24O8Si. The molecule has 0 saturated heterocycles. The first-order valence-electron chi connectivity index (χ1n) is 4.71. The Morgan fingerprint density at radius 3 is 0.765 bits per heavy atom. The molecule has 0 aromatic heterocycles. The molecule has 0 fully saturated rings. The molecule has 0 aliphatic carbocycles. The van der Waals surface area contributed by atoms with Crippen LogP contribution in [0, 0.1) is 0 Å². The SMILES string of the molecule is CO[Si](OC)(OC)OC.OCCO.OCCO. The van der Waals surface area contributed by atoms with E-state index in [9.17, 15) is 0 Å². The lowest BCUT2D eigenvalue weighted by Gasteiger charge is -2.19. The van der Waals surface area contributed by atoms with Crippen LogP contribution in [0.5, 0.6) is 0 Å². The fourth-order valence-corrected chi connectivity index (χ4v) is 1.50. The van der Waals surface area contributed by atoms with Crippen LogP contribution in [0.1, 0.15) is 0 Å². The van der Waals surface area contributed by atoms with Crippen LogP contribution in [0.4, 0.5) is 0 Å². The zero-order valence-corrected chi connectivity index (χ0v) is 11.8. The number of hydrogen-bond acceptors (Lipinski definition) is 8. The van der Waals surface area contributed by atoms with Gasteiger partial charge in [0.15, 0.2) is 0 Å². The summed E-state index contributed by atoms with van der Waals surface area (Å²) < 4.78 is 19.4. The van der Waals surface area contributed by atoms with E-state index >= 15 is 0 Å². The molecule has 0 atom stereocenters. The Hall–Kier alpha value is -0.103. The molecule has 9 heteroatoms. The van der Waals surface area contributed by atoms with Gasteiger partial charge in [-0.1, -0.05) is 0 Å².